The van der Waals surface area contributed by atoms with Crippen molar-refractivity contribution in [3.63, 3.8) is 0 Å². The molecular formula is C17H27N3O3S. The number of unbranched alkanes of at least 4 members (excludes halogenated alkanes) is 1. The first-order chi connectivity index (χ1) is 11.5. The van der Waals surface area contributed by atoms with Crippen LogP contribution >= 0.6 is 0 Å². The third kappa shape index (κ3) is 5.29. The van der Waals surface area contributed by atoms with E-state index in [1.807, 2.05) is 0 Å². The largest absolute Gasteiger partial charge is 0.356 e. The van der Waals surface area contributed by atoms with Gasteiger partial charge in [0.2, 0.25) is 15.9 Å². The van der Waals surface area contributed by atoms with Gasteiger partial charge in [0.1, 0.15) is 0 Å². The van der Waals surface area contributed by atoms with Gasteiger partial charge in [0.05, 0.1) is 11.3 Å². The van der Waals surface area contributed by atoms with Crippen molar-refractivity contribution in [1.82, 2.24) is 9.62 Å². The summed E-state index contributed by atoms with van der Waals surface area (Å²) in [5.41, 5.74) is 6.22. The van der Waals surface area contributed by atoms with Crippen LogP contribution in [0.2, 0.25) is 0 Å². The molecule has 1 amide bonds. The number of nitrogens with zero attached hydrogens (tertiary/aromatic N) is 1. The minimum absolute atomic E-state index is 0.0568. The molecule has 0 aliphatic carbocycles. The highest BCUT2D eigenvalue weighted by Crippen LogP contribution is 2.20. The number of rotatable bonds is 8. The molecule has 0 saturated carbocycles. The number of hydrogen-bond acceptors (Lipinski definition) is 4. The fraction of sp³-hybridized carbons (Fsp3) is 0.588. The molecule has 134 valence electrons. The van der Waals surface area contributed by atoms with Crippen LogP contribution in [0.5, 0.6) is 0 Å². The van der Waals surface area contributed by atoms with E-state index < -0.39 is 10.0 Å². The molecule has 3 N–H and O–H groups in total. The van der Waals surface area contributed by atoms with E-state index in [1.54, 1.807) is 28.6 Å². The Kier molecular flexibility index (Phi) is 7.20. The Morgan fingerprint density at radius 2 is 1.75 bits per heavy atom. The monoisotopic (exact) mass is 353 g/mol. The van der Waals surface area contributed by atoms with Crippen molar-refractivity contribution >= 4 is 15.9 Å². The Balaban J connectivity index is 1.91. The van der Waals surface area contributed by atoms with Crippen LogP contribution in [0.3, 0.4) is 0 Å². The third-order valence-electron chi connectivity index (χ3n) is 4.19. The molecule has 0 spiro atoms. The molecule has 0 aromatic heterocycles. The van der Waals surface area contributed by atoms with Gasteiger partial charge in [-0.1, -0.05) is 18.6 Å². The summed E-state index contributed by atoms with van der Waals surface area (Å²) in [7, 11) is -3.41. The summed E-state index contributed by atoms with van der Waals surface area (Å²) in [4.78, 5) is 12.1. The predicted molar refractivity (Wildman–Crippen MR) is 94.1 cm³/mol. The van der Waals surface area contributed by atoms with Gasteiger partial charge in [-0.25, -0.2) is 8.42 Å². The van der Waals surface area contributed by atoms with Gasteiger partial charge in [0.15, 0.2) is 0 Å². The van der Waals surface area contributed by atoms with Crippen LogP contribution in [0.25, 0.3) is 0 Å². The Morgan fingerprint density at radius 1 is 1.08 bits per heavy atom. The van der Waals surface area contributed by atoms with E-state index >= 15 is 0 Å². The molecule has 1 fully saturated rings. The maximum Gasteiger partial charge on any atom is 0.243 e. The normalized spacial score (nSPS) is 16.0. The molecule has 0 unspecified atom stereocenters. The highest BCUT2D eigenvalue weighted by molar-refractivity contribution is 7.89. The fourth-order valence-corrected chi connectivity index (χ4v) is 4.30. The highest BCUT2D eigenvalue weighted by atomic mass is 32.2. The van der Waals surface area contributed by atoms with E-state index in [9.17, 15) is 13.2 Å². The zero-order valence-electron chi connectivity index (χ0n) is 14.0. The first-order valence-electron chi connectivity index (χ1n) is 8.60. The van der Waals surface area contributed by atoms with Gasteiger partial charge >= 0.3 is 0 Å². The molecule has 1 saturated heterocycles. The maximum atomic E-state index is 12.6. The molecule has 0 atom stereocenters. The Morgan fingerprint density at radius 3 is 2.38 bits per heavy atom. The number of hydrogen-bond donors (Lipinski definition) is 2. The van der Waals surface area contributed by atoms with Crippen LogP contribution in [0.4, 0.5) is 0 Å². The van der Waals surface area contributed by atoms with Gasteiger partial charge in [-0.15, -0.1) is 0 Å². The smallest absolute Gasteiger partial charge is 0.243 e. The average Bonchev–Trinajstić information content (AvgIpc) is 2.60. The molecule has 1 aliphatic rings. The number of nitrogens with two attached hydrogens (primary N) is 1. The molecule has 0 radical (unpaired) electrons. The number of amides is 1. The lowest BCUT2D eigenvalue weighted by Crippen LogP contribution is -2.35. The van der Waals surface area contributed by atoms with Crippen LogP contribution in [-0.4, -0.2) is 44.8 Å². The highest BCUT2D eigenvalue weighted by Gasteiger charge is 2.25. The second-order valence-corrected chi connectivity index (χ2v) is 8.07. The van der Waals surface area contributed by atoms with E-state index in [0.717, 1.165) is 37.7 Å². The minimum atomic E-state index is -3.41. The first kappa shape index (κ1) is 18.9. The van der Waals surface area contributed by atoms with E-state index in [4.69, 9.17) is 5.73 Å². The molecule has 7 heteroatoms. The Labute approximate surface area is 144 Å². The van der Waals surface area contributed by atoms with Crippen LogP contribution in [-0.2, 0) is 21.2 Å². The van der Waals surface area contributed by atoms with Crippen molar-refractivity contribution in [2.75, 3.05) is 26.2 Å². The zero-order chi connectivity index (χ0) is 17.4. The summed E-state index contributed by atoms with van der Waals surface area (Å²) in [6.45, 7) is 2.44. The molecule has 2 rings (SSSR count). The van der Waals surface area contributed by atoms with Crippen molar-refractivity contribution in [1.29, 1.82) is 0 Å². The van der Waals surface area contributed by atoms with E-state index in [-0.39, 0.29) is 12.3 Å². The number of nitrogens with one attached hydrogen (secondary N) is 1. The Hall–Kier alpha value is -1.44. The number of carbonyl (C=O) groups excluding carboxylic acids is 1. The SMILES string of the molecule is NCCCCNC(=O)Cc1ccc(S(=O)(=O)N2CCCCC2)cc1. The zero-order valence-corrected chi connectivity index (χ0v) is 14.9. The molecular weight excluding hydrogens is 326 g/mol. The van der Waals surface area contributed by atoms with E-state index in [2.05, 4.69) is 5.32 Å². The standard InChI is InChI=1S/C17H27N3O3S/c18-10-2-3-11-19-17(21)14-15-6-8-16(9-7-15)24(22,23)20-12-4-1-5-13-20/h6-9H,1-5,10-14,18H2,(H,19,21). The summed E-state index contributed by atoms with van der Waals surface area (Å²) in [6.07, 6.45) is 4.94. The van der Waals surface area contributed by atoms with Gasteiger partial charge in [-0.3, -0.25) is 4.79 Å². The van der Waals surface area contributed by atoms with Crippen LogP contribution in [0.1, 0.15) is 37.7 Å². The quantitative estimate of drug-likeness (QED) is 0.688. The lowest BCUT2D eigenvalue weighted by atomic mass is 10.1. The summed E-state index contributed by atoms with van der Waals surface area (Å²) in [5.74, 6) is -0.0568. The van der Waals surface area contributed by atoms with Crippen molar-refractivity contribution < 1.29 is 13.2 Å². The summed E-state index contributed by atoms with van der Waals surface area (Å²) in [5, 5.41) is 2.84. The van der Waals surface area contributed by atoms with E-state index in [0.29, 0.717) is 31.1 Å². The van der Waals surface area contributed by atoms with Crippen molar-refractivity contribution in [3.05, 3.63) is 29.8 Å². The van der Waals surface area contributed by atoms with Crippen molar-refractivity contribution in [2.45, 2.75) is 43.4 Å². The summed E-state index contributed by atoms with van der Waals surface area (Å²) in [6, 6.07) is 6.63. The van der Waals surface area contributed by atoms with Crippen molar-refractivity contribution in [3.8, 4) is 0 Å². The van der Waals surface area contributed by atoms with Crippen LogP contribution < -0.4 is 11.1 Å². The molecule has 1 aromatic rings. The molecule has 1 aliphatic heterocycles. The van der Waals surface area contributed by atoms with Gasteiger partial charge in [-0.2, -0.15) is 4.31 Å². The molecule has 0 bridgehead atoms. The average molecular weight is 353 g/mol. The second kappa shape index (κ2) is 9.15. The number of sulfonamides is 1. The topological polar surface area (TPSA) is 92.5 Å². The second-order valence-electron chi connectivity index (χ2n) is 6.13. The van der Waals surface area contributed by atoms with Crippen molar-refractivity contribution in [2.24, 2.45) is 5.73 Å². The van der Waals surface area contributed by atoms with E-state index in [1.165, 1.54) is 0 Å². The van der Waals surface area contributed by atoms with Crippen LogP contribution in [0.15, 0.2) is 29.2 Å². The van der Waals surface area contributed by atoms with Gasteiger partial charge < -0.3 is 11.1 Å². The predicted octanol–water partition coefficient (Wildman–Crippen LogP) is 1.26. The molecule has 1 heterocycles. The third-order valence-corrected chi connectivity index (χ3v) is 6.11. The first-order valence-corrected chi connectivity index (χ1v) is 10.0. The number of piperidine rings is 1. The van der Waals surface area contributed by atoms with Gasteiger partial charge in [-0.05, 0) is 49.9 Å². The summed E-state index contributed by atoms with van der Waals surface area (Å²) >= 11 is 0. The molecule has 1 aromatic carbocycles. The summed E-state index contributed by atoms with van der Waals surface area (Å²) < 4.78 is 26.7. The lowest BCUT2D eigenvalue weighted by Gasteiger charge is -2.25. The van der Waals surface area contributed by atoms with Gasteiger partial charge in [0.25, 0.3) is 0 Å². The molecule has 6 nitrogen and oxygen atoms in total. The Bertz CT molecular complexity index is 623. The maximum absolute atomic E-state index is 12.6. The minimum Gasteiger partial charge on any atom is -0.356 e. The van der Waals surface area contributed by atoms with Crippen LogP contribution in [0, 0.1) is 0 Å². The fourth-order valence-electron chi connectivity index (χ4n) is 2.78. The van der Waals surface area contributed by atoms with Gasteiger partial charge in [0, 0.05) is 19.6 Å². The lowest BCUT2D eigenvalue weighted by molar-refractivity contribution is -0.120. The number of carbonyl (C=O) groups is 1. The molecule has 24 heavy (non-hydrogen) atoms. The number of benzene rings is 1.